The van der Waals surface area contributed by atoms with Crippen LogP contribution < -0.4 is 10.5 Å². The van der Waals surface area contributed by atoms with E-state index in [0.29, 0.717) is 11.3 Å². The van der Waals surface area contributed by atoms with Crippen LogP contribution in [-0.4, -0.2) is 0 Å². The first kappa shape index (κ1) is 12.6. The fourth-order valence-corrected chi connectivity index (χ4v) is 1.79. The van der Waals surface area contributed by atoms with Crippen LogP contribution >= 0.6 is 0 Å². The van der Waals surface area contributed by atoms with Crippen molar-refractivity contribution in [1.82, 2.24) is 0 Å². The summed E-state index contributed by atoms with van der Waals surface area (Å²) in [4.78, 5) is 0. The normalized spacial score (nSPS) is 12.2. The average molecular weight is 245 g/mol. The quantitative estimate of drug-likeness (QED) is 0.888. The second-order valence-electron chi connectivity index (χ2n) is 4.37. The minimum atomic E-state index is -0.397. The molecule has 2 N–H and O–H groups in total. The van der Waals surface area contributed by atoms with Gasteiger partial charge in [0.05, 0.1) is 0 Å². The summed E-state index contributed by atoms with van der Waals surface area (Å²) in [5.74, 6) is 0.423. The predicted octanol–water partition coefficient (Wildman–Crippen LogP) is 3.95. The fraction of sp³-hybridized carbons (Fsp3) is 0.200. The number of para-hydroxylation sites is 1. The number of ether oxygens (including phenoxy) is 1. The highest BCUT2D eigenvalue weighted by molar-refractivity contribution is 5.41. The van der Waals surface area contributed by atoms with Gasteiger partial charge in [0.1, 0.15) is 5.75 Å². The van der Waals surface area contributed by atoms with E-state index >= 15 is 0 Å². The van der Waals surface area contributed by atoms with Crippen LogP contribution in [0, 0.1) is 12.7 Å². The Morgan fingerprint density at radius 2 is 1.89 bits per heavy atom. The van der Waals surface area contributed by atoms with Crippen molar-refractivity contribution in [2.24, 2.45) is 5.73 Å². The lowest BCUT2D eigenvalue weighted by Gasteiger charge is -2.14. The summed E-state index contributed by atoms with van der Waals surface area (Å²) < 4.78 is 19.4. The van der Waals surface area contributed by atoms with Crippen LogP contribution in [0.1, 0.15) is 24.1 Å². The summed E-state index contributed by atoms with van der Waals surface area (Å²) in [7, 11) is 0. The van der Waals surface area contributed by atoms with Crippen molar-refractivity contribution in [3.63, 3.8) is 0 Å². The van der Waals surface area contributed by atoms with Gasteiger partial charge in [0.25, 0.3) is 0 Å². The van der Waals surface area contributed by atoms with E-state index in [-0.39, 0.29) is 11.8 Å². The summed E-state index contributed by atoms with van der Waals surface area (Å²) in [6.45, 7) is 3.76. The molecule has 2 rings (SSSR count). The maximum Gasteiger partial charge on any atom is 0.167 e. The van der Waals surface area contributed by atoms with Crippen LogP contribution in [0.3, 0.4) is 0 Å². The van der Waals surface area contributed by atoms with Crippen LogP contribution in [-0.2, 0) is 0 Å². The largest absolute Gasteiger partial charge is 0.454 e. The predicted molar refractivity (Wildman–Crippen MR) is 70.3 cm³/mol. The highest BCUT2D eigenvalue weighted by Gasteiger charge is 2.13. The lowest BCUT2D eigenvalue weighted by Crippen LogP contribution is -2.07. The number of nitrogens with two attached hydrogens (primary N) is 1. The molecule has 0 aromatic heterocycles. The summed E-state index contributed by atoms with van der Waals surface area (Å²) in [5.41, 5.74) is 7.55. The molecule has 0 spiro atoms. The Kier molecular flexibility index (Phi) is 3.63. The van der Waals surface area contributed by atoms with E-state index in [4.69, 9.17) is 10.5 Å². The van der Waals surface area contributed by atoms with Crippen molar-refractivity contribution in [1.29, 1.82) is 0 Å². The first-order valence-electron chi connectivity index (χ1n) is 5.86. The molecule has 0 saturated heterocycles. The standard InChI is InChI=1S/C15H16FNO/c1-10-5-3-6-12(9-10)18-15-13(11(2)17)7-4-8-14(15)16/h3-9,11H,17H2,1-2H3/t11-/m1/s1. The van der Waals surface area contributed by atoms with E-state index in [9.17, 15) is 4.39 Å². The van der Waals surface area contributed by atoms with Gasteiger partial charge in [-0.3, -0.25) is 0 Å². The van der Waals surface area contributed by atoms with Crippen molar-refractivity contribution in [3.8, 4) is 11.5 Å². The molecule has 0 amide bonds. The molecule has 0 heterocycles. The summed E-state index contributed by atoms with van der Waals surface area (Å²) in [6, 6.07) is 12.0. The number of hydrogen-bond donors (Lipinski definition) is 1. The van der Waals surface area contributed by atoms with Crippen molar-refractivity contribution < 1.29 is 9.13 Å². The first-order chi connectivity index (χ1) is 8.58. The molecule has 3 heteroatoms. The third-order valence-corrected chi connectivity index (χ3v) is 2.70. The molecule has 0 aliphatic carbocycles. The molecule has 0 unspecified atom stereocenters. The topological polar surface area (TPSA) is 35.2 Å². The molecular weight excluding hydrogens is 229 g/mol. The Morgan fingerprint density at radius 3 is 2.56 bits per heavy atom. The molecule has 0 bridgehead atoms. The van der Waals surface area contributed by atoms with Crippen LogP contribution in [0.4, 0.5) is 4.39 Å². The van der Waals surface area contributed by atoms with E-state index < -0.39 is 5.82 Å². The Balaban J connectivity index is 2.39. The molecule has 0 aliphatic heterocycles. The number of benzene rings is 2. The third kappa shape index (κ3) is 2.68. The van der Waals surface area contributed by atoms with Gasteiger partial charge in [0.2, 0.25) is 0 Å². The molecule has 2 aromatic rings. The Bertz CT molecular complexity index is 552. The van der Waals surface area contributed by atoms with Gasteiger partial charge in [0.15, 0.2) is 11.6 Å². The molecule has 0 radical (unpaired) electrons. The number of rotatable bonds is 3. The molecule has 0 fully saturated rings. The highest BCUT2D eigenvalue weighted by atomic mass is 19.1. The number of hydrogen-bond acceptors (Lipinski definition) is 2. The lowest BCUT2D eigenvalue weighted by molar-refractivity contribution is 0.432. The summed E-state index contributed by atoms with van der Waals surface area (Å²) in [5, 5.41) is 0. The minimum Gasteiger partial charge on any atom is -0.454 e. The second kappa shape index (κ2) is 5.19. The van der Waals surface area contributed by atoms with Crippen molar-refractivity contribution >= 4 is 0 Å². The molecule has 2 aromatic carbocycles. The van der Waals surface area contributed by atoms with Gasteiger partial charge in [-0.25, -0.2) is 4.39 Å². The van der Waals surface area contributed by atoms with Crippen LogP contribution in [0.5, 0.6) is 11.5 Å². The lowest BCUT2D eigenvalue weighted by atomic mass is 10.1. The summed E-state index contributed by atoms with van der Waals surface area (Å²) in [6.07, 6.45) is 0. The molecule has 1 atom stereocenters. The molecule has 0 aliphatic rings. The maximum atomic E-state index is 13.8. The zero-order valence-corrected chi connectivity index (χ0v) is 10.5. The molecule has 18 heavy (non-hydrogen) atoms. The van der Waals surface area contributed by atoms with E-state index in [0.717, 1.165) is 5.56 Å². The van der Waals surface area contributed by atoms with Crippen molar-refractivity contribution in [2.75, 3.05) is 0 Å². The molecule has 94 valence electrons. The van der Waals surface area contributed by atoms with E-state index in [1.54, 1.807) is 25.1 Å². The first-order valence-corrected chi connectivity index (χ1v) is 5.86. The van der Waals surface area contributed by atoms with Crippen molar-refractivity contribution in [3.05, 3.63) is 59.4 Å². The molecular formula is C15H16FNO. The van der Waals surface area contributed by atoms with Gasteiger partial charge < -0.3 is 10.5 Å². The van der Waals surface area contributed by atoms with Gasteiger partial charge in [-0.15, -0.1) is 0 Å². The third-order valence-electron chi connectivity index (χ3n) is 2.70. The highest BCUT2D eigenvalue weighted by Crippen LogP contribution is 2.31. The SMILES string of the molecule is Cc1cccc(Oc2c(F)cccc2[C@@H](C)N)c1. The molecule has 2 nitrogen and oxygen atoms in total. The van der Waals surface area contributed by atoms with Gasteiger partial charge in [-0.2, -0.15) is 0 Å². The summed E-state index contributed by atoms with van der Waals surface area (Å²) >= 11 is 0. The minimum absolute atomic E-state index is 0.207. The number of halogens is 1. The Labute approximate surface area is 106 Å². The zero-order valence-electron chi connectivity index (χ0n) is 10.5. The van der Waals surface area contributed by atoms with Crippen molar-refractivity contribution in [2.45, 2.75) is 19.9 Å². The van der Waals surface area contributed by atoms with Crippen LogP contribution in [0.25, 0.3) is 0 Å². The van der Waals surface area contributed by atoms with Crippen LogP contribution in [0.2, 0.25) is 0 Å². The van der Waals surface area contributed by atoms with E-state index in [1.165, 1.54) is 6.07 Å². The van der Waals surface area contributed by atoms with E-state index in [2.05, 4.69) is 0 Å². The maximum absolute atomic E-state index is 13.8. The van der Waals surface area contributed by atoms with Gasteiger partial charge in [-0.05, 0) is 37.6 Å². The Hall–Kier alpha value is -1.87. The smallest absolute Gasteiger partial charge is 0.167 e. The zero-order chi connectivity index (χ0) is 13.1. The average Bonchev–Trinajstić information content (AvgIpc) is 2.31. The van der Waals surface area contributed by atoms with Crippen LogP contribution in [0.15, 0.2) is 42.5 Å². The van der Waals surface area contributed by atoms with Gasteiger partial charge in [0, 0.05) is 11.6 Å². The second-order valence-corrected chi connectivity index (χ2v) is 4.37. The van der Waals surface area contributed by atoms with Gasteiger partial charge >= 0.3 is 0 Å². The van der Waals surface area contributed by atoms with Gasteiger partial charge in [-0.1, -0.05) is 24.3 Å². The monoisotopic (exact) mass is 245 g/mol. The molecule has 0 saturated carbocycles. The van der Waals surface area contributed by atoms with E-state index in [1.807, 2.05) is 25.1 Å². The number of aryl methyl sites for hydroxylation is 1. The Morgan fingerprint density at radius 1 is 1.17 bits per heavy atom. The fourth-order valence-electron chi connectivity index (χ4n) is 1.79.